The number of halogens is 1. The van der Waals surface area contributed by atoms with E-state index in [-0.39, 0.29) is 5.97 Å². The van der Waals surface area contributed by atoms with Crippen molar-refractivity contribution in [1.82, 2.24) is 0 Å². The Morgan fingerprint density at radius 2 is 1.95 bits per heavy atom. The molecule has 0 aliphatic carbocycles. The maximum atomic E-state index is 11.7. The van der Waals surface area contributed by atoms with Gasteiger partial charge in [-0.3, -0.25) is 0 Å². The molecule has 110 valence electrons. The van der Waals surface area contributed by atoms with Gasteiger partial charge in [0.25, 0.3) is 0 Å². The van der Waals surface area contributed by atoms with E-state index in [4.69, 9.17) is 9.47 Å². The number of esters is 1. The van der Waals surface area contributed by atoms with E-state index >= 15 is 0 Å². The summed E-state index contributed by atoms with van der Waals surface area (Å²) >= 11 is 3.48. The lowest BCUT2D eigenvalue weighted by atomic mass is 10.1. The molecule has 0 aromatic heterocycles. The number of nitrogens with one attached hydrogen (secondary N) is 1. The van der Waals surface area contributed by atoms with Gasteiger partial charge in [-0.15, -0.1) is 0 Å². The van der Waals surface area contributed by atoms with Gasteiger partial charge in [-0.25, -0.2) is 4.79 Å². The van der Waals surface area contributed by atoms with Crippen molar-refractivity contribution in [3.63, 3.8) is 0 Å². The summed E-state index contributed by atoms with van der Waals surface area (Å²) in [7, 11) is 3.00. The van der Waals surface area contributed by atoms with Crippen LogP contribution in [0.5, 0.6) is 5.75 Å². The zero-order valence-corrected chi connectivity index (χ0v) is 13.4. The van der Waals surface area contributed by atoms with E-state index < -0.39 is 0 Å². The van der Waals surface area contributed by atoms with Crippen molar-refractivity contribution < 1.29 is 14.3 Å². The van der Waals surface area contributed by atoms with Crippen molar-refractivity contribution in [2.75, 3.05) is 19.5 Å². The van der Waals surface area contributed by atoms with Crippen LogP contribution in [0.1, 0.15) is 15.9 Å². The average Bonchev–Trinajstić information content (AvgIpc) is 2.53. The third kappa shape index (κ3) is 3.76. The molecular formula is C16H16BrNO3. The fourth-order valence-corrected chi connectivity index (χ4v) is 2.33. The lowest BCUT2D eigenvalue weighted by Crippen LogP contribution is -2.09. The molecule has 4 nitrogen and oxygen atoms in total. The van der Waals surface area contributed by atoms with Gasteiger partial charge in [-0.05, 0) is 39.7 Å². The van der Waals surface area contributed by atoms with E-state index in [1.165, 1.54) is 7.11 Å². The summed E-state index contributed by atoms with van der Waals surface area (Å²) in [4.78, 5) is 11.7. The highest BCUT2D eigenvalue weighted by Crippen LogP contribution is 2.27. The smallest absolute Gasteiger partial charge is 0.338 e. The second-order valence-electron chi connectivity index (χ2n) is 4.35. The van der Waals surface area contributed by atoms with E-state index in [0.29, 0.717) is 12.1 Å². The molecule has 0 unspecified atom stereocenters. The van der Waals surface area contributed by atoms with E-state index in [2.05, 4.69) is 21.2 Å². The van der Waals surface area contributed by atoms with Crippen LogP contribution in [0.15, 0.2) is 46.9 Å². The first-order valence-corrected chi connectivity index (χ1v) is 7.18. The van der Waals surface area contributed by atoms with E-state index in [0.717, 1.165) is 21.5 Å². The zero-order chi connectivity index (χ0) is 15.2. The number of hydrogen-bond donors (Lipinski definition) is 1. The topological polar surface area (TPSA) is 47.6 Å². The Morgan fingerprint density at radius 1 is 1.19 bits per heavy atom. The largest absolute Gasteiger partial charge is 0.497 e. The van der Waals surface area contributed by atoms with E-state index in [1.807, 2.05) is 36.4 Å². The first-order valence-electron chi connectivity index (χ1n) is 6.39. The molecule has 2 rings (SSSR count). The molecule has 21 heavy (non-hydrogen) atoms. The number of hydrogen-bond acceptors (Lipinski definition) is 4. The van der Waals surface area contributed by atoms with Crippen molar-refractivity contribution in [1.29, 1.82) is 0 Å². The third-order valence-corrected chi connectivity index (χ3v) is 3.76. The van der Waals surface area contributed by atoms with Crippen LogP contribution in [-0.4, -0.2) is 20.2 Å². The lowest BCUT2D eigenvalue weighted by Gasteiger charge is -2.12. The molecule has 0 fully saturated rings. The molecule has 0 aliphatic rings. The Hall–Kier alpha value is -2.01. The average molecular weight is 350 g/mol. The molecule has 0 saturated carbocycles. The van der Waals surface area contributed by atoms with Crippen LogP contribution in [0.25, 0.3) is 0 Å². The molecule has 0 amide bonds. The molecule has 0 saturated heterocycles. The molecule has 0 aliphatic heterocycles. The van der Waals surface area contributed by atoms with Gasteiger partial charge >= 0.3 is 5.97 Å². The first kappa shape index (κ1) is 15.4. The quantitative estimate of drug-likeness (QED) is 0.832. The van der Waals surface area contributed by atoms with Crippen LogP contribution >= 0.6 is 15.9 Å². The summed E-state index contributed by atoms with van der Waals surface area (Å²) < 4.78 is 10.9. The van der Waals surface area contributed by atoms with Gasteiger partial charge in [0.2, 0.25) is 0 Å². The van der Waals surface area contributed by atoms with Gasteiger partial charge in [-0.2, -0.15) is 0 Å². The summed E-state index contributed by atoms with van der Waals surface area (Å²) in [5, 5.41) is 3.29. The summed E-state index contributed by atoms with van der Waals surface area (Å²) in [6.45, 7) is 0.511. The molecule has 0 bridgehead atoms. The minimum atomic E-state index is -0.336. The van der Waals surface area contributed by atoms with Crippen LogP contribution in [-0.2, 0) is 11.3 Å². The minimum absolute atomic E-state index is 0.336. The Kier molecular flexibility index (Phi) is 5.22. The Balaban J connectivity index is 2.19. The minimum Gasteiger partial charge on any atom is -0.497 e. The van der Waals surface area contributed by atoms with Crippen LogP contribution in [0.2, 0.25) is 0 Å². The Morgan fingerprint density at radius 3 is 2.67 bits per heavy atom. The fourth-order valence-electron chi connectivity index (χ4n) is 1.94. The SMILES string of the molecule is COC(=O)c1ccccc1CNc1cc(OC)ccc1Br. The molecular weight excluding hydrogens is 334 g/mol. The number of carbonyl (C=O) groups is 1. The number of carbonyl (C=O) groups excluding carboxylic acids is 1. The fraction of sp³-hybridized carbons (Fsp3) is 0.188. The number of ether oxygens (including phenoxy) is 2. The molecule has 5 heteroatoms. The normalized spacial score (nSPS) is 10.0. The van der Waals surface area contributed by atoms with Crippen LogP contribution in [0.4, 0.5) is 5.69 Å². The van der Waals surface area contributed by atoms with Gasteiger partial charge in [0, 0.05) is 17.1 Å². The highest BCUT2D eigenvalue weighted by molar-refractivity contribution is 9.10. The monoisotopic (exact) mass is 349 g/mol. The van der Waals surface area contributed by atoms with Crippen molar-refractivity contribution in [3.05, 3.63) is 58.1 Å². The van der Waals surface area contributed by atoms with Crippen LogP contribution < -0.4 is 10.1 Å². The molecule has 0 atom stereocenters. The summed E-state index contributed by atoms with van der Waals surface area (Å²) in [6.07, 6.45) is 0. The number of anilines is 1. The molecule has 2 aromatic carbocycles. The van der Waals surface area contributed by atoms with Gasteiger partial charge < -0.3 is 14.8 Å². The molecule has 0 radical (unpaired) electrons. The highest BCUT2D eigenvalue weighted by Gasteiger charge is 2.11. The Bertz CT molecular complexity index is 643. The van der Waals surface area contributed by atoms with E-state index in [9.17, 15) is 4.79 Å². The highest BCUT2D eigenvalue weighted by atomic mass is 79.9. The predicted octanol–water partition coefficient (Wildman–Crippen LogP) is 3.86. The third-order valence-electron chi connectivity index (χ3n) is 3.07. The number of methoxy groups -OCH3 is 2. The van der Waals surface area contributed by atoms with Gasteiger partial charge in [0.15, 0.2) is 0 Å². The summed E-state index contributed by atoms with van der Waals surface area (Å²) in [6, 6.07) is 13.0. The Labute approximate surface area is 132 Å². The number of rotatable bonds is 5. The zero-order valence-electron chi connectivity index (χ0n) is 11.9. The maximum absolute atomic E-state index is 11.7. The molecule has 2 aromatic rings. The lowest BCUT2D eigenvalue weighted by molar-refractivity contribution is 0.0599. The molecule has 0 heterocycles. The maximum Gasteiger partial charge on any atom is 0.338 e. The predicted molar refractivity (Wildman–Crippen MR) is 85.8 cm³/mol. The number of benzene rings is 2. The van der Waals surface area contributed by atoms with Crippen molar-refractivity contribution in [2.24, 2.45) is 0 Å². The van der Waals surface area contributed by atoms with E-state index in [1.54, 1.807) is 13.2 Å². The van der Waals surface area contributed by atoms with Crippen LogP contribution in [0.3, 0.4) is 0 Å². The summed E-state index contributed by atoms with van der Waals surface area (Å²) in [5.74, 6) is 0.430. The molecule has 0 spiro atoms. The summed E-state index contributed by atoms with van der Waals surface area (Å²) in [5.41, 5.74) is 2.33. The van der Waals surface area contributed by atoms with Crippen molar-refractivity contribution in [2.45, 2.75) is 6.54 Å². The second kappa shape index (κ2) is 7.13. The first-order chi connectivity index (χ1) is 10.2. The molecule has 1 N–H and O–H groups in total. The van der Waals surface area contributed by atoms with Crippen molar-refractivity contribution in [3.8, 4) is 5.75 Å². The second-order valence-corrected chi connectivity index (χ2v) is 5.20. The van der Waals surface area contributed by atoms with Gasteiger partial charge in [-0.1, -0.05) is 18.2 Å². The van der Waals surface area contributed by atoms with Gasteiger partial charge in [0.05, 0.1) is 25.5 Å². The van der Waals surface area contributed by atoms with Crippen LogP contribution in [0, 0.1) is 0 Å². The van der Waals surface area contributed by atoms with Gasteiger partial charge in [0.1, 0.15) is 5.75 Å². The van der Waals surface area contributed by atoms with Crippen molar-refractivity contribution >= 4 is 27.6 Å². The standard InChI is InChI=1S/C16H16BrNO3/c1-20-12-7-8-14(17)15(9-12)18-10-11-5-3-4-6-13(11)16(19)21-2/h3-9,18H,10H2,1-2H3.